The Hall–Kier alpha value is -3.69. The Morgan fingerprint density at radius 1 is 0.633 bits per heavy atom. The van der Waals surface area contributed by atoms with Crippen LogP contribution in [0.5, 0.6) is 0 Å². The summed E-state index contributed by atoms with van der Waals surface area (Å²) in [5.74, 6) is 0. The molecular formula is C27H16N2S. The van der Waals surface area contributed by atoms with Gasteiger partial charge in [-0.15, -0.1) is 11.3 Å². The molecule has 0 N–H and O–H groups in total. The minimum absolute atomic E-state index is 1.07. The third-order valence-electron chi connectivity index (χ3n) is 6.00. The molecule has 3 aromatic heterocycles. The van der Waals surface area contributed by atoms with Crippen molar-refractivity contribution in [2.24, 2.45) is 0 Å². The van der Waals surface area contributed by atoms with Crippen molar-refractivity contribution in [1.29, 1.82) is 0 Å². The molecule has 0 aliphatic rings. The molecule has 0 aliphatic heterocycles. The van der Waals surface area contributed by atoms with Gasteiger partial charge < -0.3 is 4.57 Å². The molecule has 0 amide bonds. The maximum atomic E-state index is 4.91. The second-order valence-corrected chi connectivity index (χ2v) is 8.76. The summed E-state index contributed by atoms with van der Waals surface area (Å²) in [5, 5.41) is 6.22. The summed E-state index contributed by atoms with van der Waals surface area (Å²) in [6, 6.07) is 32.6. The van der Waals surface area contributed by atoms with Crippen molar-refractivity contribution in [2.45, 2.75) is 0 Å². The van der Waals surface area contributed by atoms with Crippen LogP contribution >= 0.6 is 11.3 Å². The van der Waals surface area contributed by atoms with E-state index in [9.17, 15) is 0 Å². The van der Waals surface area contributed by atoms with E-state index in [1.165, 1.54) is 47.4 Å². The Bertz CT molecular complexity index is 1740. The molecule has 3 heteroatoms. The van der Waals surface area contributed by atoms with Gasteiger partial charge in [-0.1, -0.05) is 48.5 Å². The number of pyridine rings is 1. The van der Waals surface area contributed by atoms with Gasteiger partial charge in [0.15, 0.2) is 0 Å². The van der Waals surface area contributed by atoms with Crippen molar-refractivity contribution in [3.8, 4) is 5.69 Å². The smallest absolute Gasteiger partial charge is 0.0817 e. The molecule has 0 spiro atoms. The van der Waals surface area contributed by atoms with E-state index in [0.717, 1.165) is 11.2 Å². The van der Waals surface area contributed by atoms with Crippen LogP contribution in [0.4, 0.5) is 0 Å². The van der Waals surface area contributed by atoms with Crippen molar-refractivity contribution < 1.29 is 0 Å². The zero-order chi connectivity index (χ0) is 19.7. The van der Waals surface area contributed by atoms with Gasteiger partial charge in [-0.3, -0.25) is 4.98 Å². The van der Waals surface area contributed by atoms with E-state index < -0.39 is 0 Å². The molecule has 30 heavy (non-hydrogen) atoms. The van der Waals surface area contributed by atoms with Crippen LogP contribution in [0.15, 0.2) is 97.2 Å². The monoisotopic (exact) mass is 400 g/mol. The van der Waals surface area contributed by atoms with Crippen molar-refractivity contribution >= 4 is 64.2 Å². The van der Waals surface area contributed by atoms with Gasteiger partial charge in [-0.25, -0.2) is 0 Å². The first kappa shape index (κ1) is 16.1. The van der Waals surface area contributed by atoms with Gasteiger partial charge in [-0.05, 0) is 53.2 Å². The molecular weight excluding hydrogens is 384 g/mol. The molecule has 7 aromatic rings. The molecule has 7 rings (SSSR count). The fourth-order valence-corrected chi connectivity index (χ4v) is 5.85. The average Bonchev–Trinajstić information content (AvgIpc) is 3.13. The highest BCUT2D eigenvalue weighted by Crippen LogP contribution is 2.42. The van der Waals surface area contributed by atoms with E-state index in [4.69, 9.17) is 4.98 Å². The summed E-state index contributed by atoms with van der Waals surface area (Å²) < 4.78 is 4.99. The van der Waals surface area contributed by atoms with Crippen LogP contribution < -0.4 is 0 Å². The highest BCUT2D eigenvalue weighted by atomic mass is 32.1. The Balaban J connectivity index is 1.90. The largest absolute Gasteiger partial charge is 0.309 e. The quantitative estimate of drug-likeness (QED) is 0.276. The summed E-state index contributed by atoms with van der Waals surface area (Å²) in [6.45, 7) is 0. The lowest BCUT2D eigenvalue weighted by atomic mass is 10.1. The topological polar surface area (TPSA) is 17.8 Å². The van der Waals surface area contributed by atoms with E-state index in [2.05, 4.69) is 95.6 Å². The van der Waals surface area contributed by atoms with Crippen LogP contribution in [0.2, 0.25) is 0 Å². The third-order valence-corrected chi connectivity index (χ3v) is 7.12. The van der Waals surface area contributed by atoms with Crippen molar-refractivity contribution in [1.82, 2.24) is 9.55 Å². The summed E-state index contributed by atoms with van der Waals surface area (Å²) in [7, 11) is 0. The Morgan fingerprint density at radius 3 is 2.27 bits per heavy atom. The van der Waals surface area contributed by atoms with Crippen molar-refractivity contribution in [3.63, 3.8) is 0 Å². The molecule has 0 unspecified atom stereocenters. The minimum atomic E-state index is 1.07. The Labute approximate surface area is 176 Å². The number of para-hydroxylation sites is 1. The number of benzene rings is 4. The van der Waals surface area contributed by atoms with Crippen LogP contribution in [0, 0.1) is 0 Å². The van der Waals surface area contributed by atoms with E-state index in [-0.39, 0.29) is 0 Å². The van der Waals surface area contributed by atoms with Gasteiger partial charge in [0, 0.05) is 37.4 Å². The predicted molar refractivity (Wildman–Crippen MR) is 129 cm³/mol. The summed E-state index contributed by atoms with van der Waals surface area (Å²) in [5.41, 5.74) is 4.63. The molecule has 0 aliphatic carbocycles. The van der Waals surface area contributed by atoms with E-state index in [0.29, 0.717) is 0 Å². The minimum Gasteiger partial charge on any atom is -0.309 e. The van der Waals surface area contributed by atoms with Gasteiger partial charge in [0.1, 0.15) is 0 Å². The number of fused-ring (bicyclic) bond motifs is 3. The van der Waals surface area contributed by atoms with Crippen LogP contribution in [-0.2, 0) is 0 Å². The lowest BCUT2D eigenvalue weighted by Gasteiger charge is -2.12. The zero-order valence-electron chi connectivity index (χ0n) is 16.0. The predicted octanol–water partition coefficient (Wildman–Crippen LogP) is 7.70. The molecule has 0 atom stereocenters. The van der Waals surface area contributed by atoms with Crippen LogP contribution in [0.1, 0.15) is 0 Å². The highest BCUT2D eigenvalue weighted by Gasteiger charge is 2.17. The SMILES string of the molecule is c1ccc(-n2c3cc4ccccc4cc3c3nccc4sc5cccc2c5c43)cc1. The average molecular weight is 401 g/mol. The van der Waals surface area contributed by atoms with E-state index in [1.54, 1.807) is 0 Å². The lowest BCUT2D eigenvalue weighted by molar-refractivity contribution is 1.17. The standard InChI is InChI=1S/C27H16N2S/c1-2-9-19(10-3-1)29-21-11-6-12-23-25(21)26-24(30-23)13-14-28-27(26)20-15-17-7-4-5-8-18(17)16-22(20)29/h1-16H. The number of hydrogen-bond acceptors (Lipinski definition) is 2. The first-order chi connectivity index (χ1) is 14.9. The number of thiophene rings is 1. The molecule has 0 fully saturated rings. The molecule has 2 nitrogen and oxygen atoms in total. The number of hydrogen-bond donors (Lipinski definition) is 0. The number of nitrogens with zero attached hydrogens (tertiary/aromatic N) is 2. The molecule has 140 valence electrons. The molecule has 0 bridgehead atoms. The zero-order valence-corrected chi connectivity index (χ0v) is 16.9. The van der Waals surface area contributed by atoms with Gasteiger partial charge in [0.25, 0.3) is 0 Å². The normalized spacial score (nSPS) is 12.0. The van der Waals surface area contributed by atoms with Crippen molar-refractivity contribution in [3.05, 3.63) is 97.2 Å². The van der Waals surface area contributed by atoms with E-state index >= 15 is 0 Å². The highest BCUT2D eigenvalue weighted by molar-refractivity contribution is 7.26. The number of rotatable bonds is 1. The van der Waals surface area contributed by atoms with Gasteiger partial charge in [0.05, 0.1) is 16.6 Å². The van der Waals surface area contributed by atoms with Crippen LogP contribution in [0.3, 0.4) is 0 Å². The van der Waals surface area contributed by atoms with Gasteiger partial charge in [0.2, 0.25) is 0 Å². The van der Waals surface area contributed by atoms with Crippen LogP contribution in [-0.4, -0.2) is 9.55 Å². The first-order valence-electron chi connectivity index (χ1n) is 10.1. The Kier molecular flexibility index (Phi) is 3.18. The molecule has 4 aromatic carbocycles. The van der Waals surface area contributed by atoms with Crippen LogP contribution in [0.25, 0.3) is 58.6 Å². The summed E-state index contributed by atoms with van der Waals surface area (Å²) in [6.07, 6.45) is 1.95. The lowest BCUT2D eigenvalue weighted by Crippen LogP contribution is -1.96. The molecule has 3 heterocycles. The molecule has 0 saturated heterocycles. The summed E-state index contributed by atoms with van der Waals surface area (Å²) >= 11 is 1.85. The molecule has 0 saturated carbocycles. The van der Waals surface area contributed by atoms with E-state index in [1.807, 2.05) is 17.5 Å². The second-order valence-electron chi connectivity index (χ2n) is 7.67. The Morgan fingerprint density at radius 2 is 1.40 bits per heavy atom. The van der Waals surface area contributed by atoms with Gasteiger partial charge >= 0.3 is 0 Å². The fraction of sp³-hybridized carbons (Fsp3) is 0. The summed E-state index contributed by atoms with van der Waals surface area (Å²) in [4.78, 5) is 4.91. The maximum Gasteiger partial charge on any atom is 0.0817 e. The van der Waals surface area contributed by atoms with Crippen molar-refractivity contribution in [2.75, 3.05) is 0 Å². The number of aromatic nitrogens is 2. The first-order valence-corrected chi connectivity index (χ1v) is 10.9. The second kappa shape index (κ2) is 5.91. The fourth-order valence-electron chi connectivity index (χ4n) is 4.72. The van der Waals surface area contributed by atoms with Gasteiger partial charge in [-0.2, -0.15) is 0 Å². The maximum absolute atomic E-state index is 4.91. The molecule has 0 radical (unpaired) electrons. The third kappa shape index (κ3) is 2.10.